The van der Waals surface area contributed by atoms with E-state index in [1.807, 2.05) is 12.1 Å². The van der Waals surface area contributed by atoms with E-state index < -0.39 is 0 Å². The van der Waals surface area contributed by atoms with Crippen molar-refractivity contribution in [1.82, 2.24) is 15.1 Å². The highest BCUT2D eigenvalue weighted by atomic mass is 16.5. The third-order valence-electron chi connectivity index (χ3n) is 4.23. The number of pyridine rings is 1. The first-order valence-electron chi connectivity index (χ1n) is 9.13. The number of ether oxygens (including phenoxy) is 2. The van der Waals surface area contributed by atoms with Gasteiger partial charge in [0.15, 0.2) is 6.61 Å². The smallest absolute Gasteiger partial charge is 0.262 e. The van der Waals surface area contributed by atoms with Crippen molar-refractivity contribution in [3.05, 3.63) is 73.1 Å². The van der Waals surface area contributed by atoms with Crippen LogP contribution in [0.25, 0.3) is 22.8 Å². The number of hydrogen-bond acceptors (Lipinski definition) is 7. The van der Waals surface area contributed by atoms with Crippen molar-refractivity contribution < 1.29 is 18.8 Å². The predicted octanol–water partition coefficient (Wildman–Crippen LogP) is 3.82. The molecule has 0 saturated carbocycles. The van der Waals surface area contributed by atoms with Crippen LogP contribution in [0.3, 0.4) is 0 Å². The standard InChI is InChI=1S/C22H18N4O4/c1-28-16-6-8-17(9-7-16)29-14-20(27)24-19-5-3-2-4-18(19)22-25-21(26-30-22)15-10-12-23-13-11-15/h2-13H,14H2,1H3,(H,24,27). The lowest BCUT2D eigenvalue weighted by Crippen LogP contribution is -2.20. The lowest BCUT2D eigenvalue weighted by molar-refractivity contribution is -0.118. The van der Waals surface area contributed by atoms with Crippen molar-refractivity contribution in [3.63, 3.8) is 0 Å². The third kappa shape index (κ3) is 4.44. The summed E-state index contributed by atoms with van der Waals surface area (Å²) in [5.74, 6) is 1.71. The summed E-state index contributed by atoms with van der Waals surface area (Å²) in [5.41, 5.74) is 1.95. The Morgan fingerprint density at radius 2 is 1.73 bits per heavy atom. The van der Waals surface area contributed by atoms with Crippen molar-refractivity contribution >= 4 is 11.6 Å². The zero-order valence-electron chi connectivity index (χ0n) is 16.1. The van der Waals surface area contributed by atoms with Gasteiger partial charge in [0, 0.05) is 18.0 Å². The number of anilines is 1. The molecule has 1 N–H and O–H groups in total. The SMILES string of the molecule is COc1ccc(OCC(=O)Nc2ccccc2-c2nc(-c3ccncc3)no2)cc1. The number of aromatic nitrogens is 3. The fourth-order valence-electron chi connectivity index (χ4n) is 2.74. The number of methoxy groups -OCH3 is 1. The fourth-order valence-corrected chi connectivity index (χ4v) is 2.74. The van der Waals surface area contributed by atoms with Gasteiger partial charge in [0.25, 0.3) is 11.8 Å². The van der Waals surface area contributed by atoms with Gasteiger partial charge in [-0.15, -0.1) is 0 Å². The van der Waals surface area contributed by atoms with Crippen molar-refractivity contribution in [3.8, 4) is 34.3 Å². The summed E-state index contributed by atoms with van der Waals surface area (Å²) in [5, 5.41) is 6.84. The molecule has 2 heterocycles. The Morgan fingerprint density at radius 3 is 2.50 bits per heavy atom. The van der Waals surface area contributed by atoms with Crippen molar-refractivity contribution in [2.75, 3.05) is 19.0 Å². The van der Waals surface area contributed by atoms with Gasteiger partial charge >= 0.3 is 0 Å². The summed E-state index contributed by atoms with van der Waals surface area (Å²) in [6, 6.07) is 17.8. The summed E-state index contributed by atoms with van der Waals surface area (Å²) < 4.78 is 16.0. The summed E-state index contributed by atoms with van der Waals surface area (Å²) in [6.07, 6.45) is 3.31. The molecule has 0 aliphatic carbocycles. The van der Waals surface area contributed by atoms with E-state index >= 15 is 0 Å². The lowest BCUT2D eigenvalue weighted by Gasteiger charge is -2.10. The second-order valence-electron chi connectivity index (χ2n) is 6.22. The Kier molecular flexibility index (Phi) is 5.66. The minimum atomic E-state index is -0.313. The molecule has 2 aromatic heterocycles. The molecule has 4 aromatic rings. The van der Waals surface area contributed by atoms with Gasteiger partial charge in [-0.1, -0.05) is 17.3 Å². The molecule has 0 aliphatic rings. The van der Waals surface area contributed by atoms with E-state index in [2.05, 4.69) is 20.4 Å². The number of amides is 1. The van der Waals surface area contributed by atoms with Gasteiger partial charge in [-0.25, -0.2) is 0 Å². The second kappa shape index (κ2) is 8.87. The number of carbonyl (C=O) groups is 1. The zero-order chi connectivity index (χ0) is 20.8. The summed E-state index contributed by atoms with van der Waals surface area (Å²) >= 11 is 0. The fraction of sp³-hybridized carbons (Fsp3) is 0.0909. The Labute approximate surface area is 172 Å². The average molecular weight is 402 g/mol. The molecule has 0 unspecified atom stereocenters. The van der Waals surface area contributed by atoms with E-state index in [1.54, 1.807) is 68.0 Å². The van der Waals surface area contributed by atoms with Gasteiger partial charge in [-0.2, -0.15) is 4.98 Å². The number of carbonyl (C=O) groups excluding carboxylic acids is 1. The molecule has 0 radical (unpaired) electrons. The van der Waals surface area contributed by atoms with Gasteiger partial charge in [-0.05, 0) is 48.5 Å². The summed E-state index contributed by atoms with van der Waals surface area (Å²) in [4.78, 5) is 20.8. The Hall–Kier alpha value is -4.20. The highest BCUT2D eigenvalue weighted by Crippen LogP contribution is 2.28. The molecule has 4 rings (SSSR count). The number of hydrogen-bond donors (Lipinski definition) is 1. The van der Waals surface area contributed by atoms with Crippen LogP contribution in [0.2, 0.25) is 0 Å². The molecule has 150 valence electrons. The third-order valence-corrected chi connectivity index (χ3v) is 4.23. The maximum absolute atomic E-state index is 12.4. The van der Waals surface area contributed by atoms with Gasteiger partial charge in [0.05, 0.1) is 18.4 Å². The number of benzene rings is 2. The van der Waals surface area contributed by atoms with Crippen LogP contribution in [0, 0.1) is 0 Å². The monoisotopic (exact) mass is 402 g/mol. The minimum absolute atomic E-state index is 0.146. The topological polar surface area (TPSA) is 99.4 Å². The van der Waals surface area contributed by atoms with Crippen molar-refractivity contribution in [2.45, 2.75) is 0 Å². The van der Waals surface area contributed by atoms with Crippen LogP contribution in [0.15, 0.2) is 77.6 Å². The van der Waals surface area contributed by atoms with Crippen molar-refractivity contribution in [2.24, 2.45) is 0 Å². The van der Waals surface area contributed by atoms with E-state index in [0.29, 0.717) is 34.5 Å². The molecular formula is C22H18N4O4. The van der Waals surface area contributed by atoms with Crippen LogP contribution in [-0.4, -0.2) is 34.7 Å². The molecule has 0 fully saturated rings. The van der Waals surface area contributed by atoms with Crippen LogP contribution in [0.4, 0.5) is 5.69 Å². The number of nitrogens with one attached hydrogen (secondary N) is 1. The molecule has 1 amide bonds. The normalized spacial score (nSPS) is 10.4. The molecule has 8 nitrogen and oxygen atoms in total. The zero-order valence-corrected chi connectivity index (χ0v) is 16.1. The first-order chi connectivity index (χ1) is 14.7. The Morgan fingerprint density at radius 1 is 1.00 bits per heavy atom. The Bertz CT molecular complexity index is 1130. The van der Waals surface area contributed by atoms with Gasteiger partial charge in [0.2, 0.25) is 5.82 Å². The first kappa shape index (κ1) is 19.1. The second-order valence-corrected chi connectivity index (χ2v) is 6.22. The van der Waals surface area contributed by atoms with E-state index in [0.717, 1.165) is 5.56 Å². The van der Waals surface area contributed by atoms with E-state index in [1.165, 1.54) is 0 Å². The van der Waals surface area contributed by atoms with E-state index in [9.17, 15) is 4.79 Å². The van der Waals surface area contributed by atoms with Crippen LogP contribution in [0.1, 0.15) is 0 Å². The number of para-hydroxylation sites is 1. The van der Waals surface area contributed by atoms with Gasteiger partial charge in [0.1, 0.15) is 11.5 Å². The largest absolute Gasteiger partial charge is 0.497 e. The summed E-state index contributed by atoms with van der Waals surface area (Å²) in [6.45, 7) is -0.146. The molecule has 2 aromatic carbocycles. The van der Waals surface area contributed by atoms with E-state index in [-0.39, 0.29) is 12.5 Å². The molecule has 8 heteroatoms. The van der Waals surface area contributed by atoms with Crippen LogP contribution in [-0.2, 0) is 4.79 Å². The highest BCUT2D eigenvalue weighted by molar-refractivity contribution is 5.95. The molecule has 0 aliphatic heterocycles. The lowest BCUT2D eigenvalue weighted by atomic mass is 10.1. The summed E-state index contributed by atoms with van der Waals surface area (Å²) in [7, 11) is 1.59. The molecule has 0 bridgehead atoms. The molecule has 0 spiro atoms. The Balaban J connectivity index is 1.45. The maximum Gasteiger partial charge on any atom is 0.262 e. The molecule has 30 heavy (non-hydrogen) atoms. The quantitative estimate of drug-likeness (QED) is 0.501. The minimum Gasteiger partial charge on any atom is -0.497 e. The van der Waals surface area contributed by atoms with E-state index in [4.69, 9.17) is 14.0 Å². The number of rotatable bonds is 7. The molecule has 0 saturated heterocycles. The average Bonchev–Trinajstić information content (AvgIpc) is 3.29. The van der Waals surface area contributed by atoms with Gasteiger partial charge in [-0.3, -0.25) is 9.78 Å². The first-order valence-corrected chi connectivity index (χ1v) is 9.13. The van der Waals surface area contributed by atoms with Gasteiger partial charge < -0.3 is 19.3 Å². The molecular weight excluding hydrogens is 384 g/mol. The highest BCUT2D eigenvalue weighted by Gasteiger charge is 2.15. The predicted molar refractivity (Wildman–Crippen MR) is 110 cm³/mol. The van der Waals surface area contributed by atoms with Crippen molar-refractivity contribution in [1.29, 1.82) is 0 Å². The van der Waals surface area contributed by atoms with Crippen LogP contribution < -0.4 is 14.8 Å². The van der Waals surface area contributed by atoms with Crippen LogP contribution >= 0.6 is 0 Å². The molecule has 0 atom stereocenters. The number of nitrogens with zero attached hydrogens (tertiary/aromatic N) is 3. The van der Waals surface area contributed by atoms with Crippen LogP contribution in [0.5, 0.6) is 11.5 Å². The maximum atomic E-state index is 12.4.